The molecule has 2 aromatic rings. The minimum atomic E-state index is -0.137. The Hall–Kier alpha value is -2.29. The van der Waals surface area contributed by atoms with Gasteiger partial charge in [-0.05, 0) is 55.0 Å². The zero-order valence-electron chi connectivity index (χ0n) is 14.3. The van der Waals surface area contributed by atoms with Crippen LogP contribution in [0.4, 0.5) is 5.69 Å². The second-order valence-electron chi connectivity index (χ2n) is 5.93. The van der Waals surface area contributed by atoms with Crippen molar-refractivity contribution in [3.63, 3.8) is 0 Å². The molecule has 0 bridgehead atoms. The number of carbonyl (C=O) groups excluding carboxylic acids is 1. The lowest BCUT2D eigenvalue weighted by atomic mass is 9.97. The third-order valence-electron chi connectivity index (χ3n) is 4.29. The van der Waals surface area contributed by atoms with Crippen LogP contribution in [-0.4, -0.2) is 12.5 Å². The fourth-order valence-corrected chi connectivity index (χ4v) is 2.47. The maximum absolute atomic E-state index is 12.2. The molecule has 0 unspecified atom stereocenters. The Morgan fingerprint density at radius 2 is 1.87 bits per heavy atom. The fourth-order valence-electron chi connectivity index (χ4n) is 2.47. The highest BCUT2D eigenvalue weighted by Gasteiger charge is 2.12. The third-order valence-corrected chi connectivity index (χ3v) is 4.29. The Labute approximate surface area is 138 Å². The average Bonchev–Trinajstić information content (AvgIpc) is 2.56. The molecule has 0 fully saturated rings. The summed E-state index contributed by atoms with van der Waals surface area (Å²) in [7, 11) is 0. The van der Waals surface area contributed by atoms with Gasteiger partial charge < -0.3 is 10.1 Å². The van der Waals surface area contributed by atoms with Crippen LogP contribution < -0.4 is 10.1 Å². The molecule has 2 rings (SSSR count). The molecule has 0 saturated heterocycles. The maximum Gasteiger partial charge on any atom is 0.262 e. The summed E-state index contributed by atoms with van der Waals surface area (Å²) < 4.78 is 5.67. The van der Waals surface area contributed by atoms with Crippen LogP contribution in [0.25, 0.3) is 0 Å². The quantitative estimate of drug-likeness (QED) is 0.829. The standard InChI is InChI=1S/C20H25NO2/c1-5-14(2)17-10-6-7-11-18(17)21-20(22)13-23-19-12-8-9-15(3)16(19)4/h6-12,14H,5,13H2,1-4H3,(H,21,22)/t14-/m1/s1. The van der Waals surface area contributed by atoms with Crippen LogP contribution in [0.5, 0.6) is 5.75 Å². The molecule has 0 heterocycles. The lowest BCUT2D eigenvalue weighted by Gasteiger charge is -2.16. The third kappa shape index (κ3) is 4.35. The Kier molecular flexibility index (Phi) is 5.80. The molecule has 3 nitrogen and oxygen atoms in total. The Morgan fingerprint density at radius 1 is 1.13 bits per heavy atom. The minimum absolute atomic E-state index is 0.0130. The molecule has 3 heteroatoms. The van der Waals surface area contributed by atoms with Crippen LogP contribution in [0.15, 0.2) is 42.5 Å². The van der Waals surface area contributed by atoms with Crippen LogP contribution >= 0.6 is 0 Å². The maximum atomic E-state index is 12.2. The summed E-state index contributed by atoms with van der Waals surface area (Å²) in [6.45, 7) is 8.36. The van der Waals surface area contributed by atoms with Gasteiger partial charge >= 0.3 is 0 Å². The summed E-state index contributed by atoms with van der Waals surface area (Å²) in [6.07, 6.45) is 1.03. The molecule has 0 radical (unpaired) electrons. The van der Waals surface area contributed by atoms with E-state index in [1.165, 1.54) is 0 Å². The number of aryl methyl sites for hydroxylation is 1. The first-order valence-corrected chi connectivity index (χ1v) is 8.10. The predicted molar refractivity (Wildman–Crippen MR) is 95.2 cm³/mol. The first-order chi connectivity index (χ1) is 11.0. The predicted octanol–water partition coefficient (Wildman–Crippen LogP) is 4.83. The van der Waals surface area contributed by atoms with Crippen molar-refractivity contribution in [2.75, 3.05) is 11.9 Å². The number of rotatable bonds is 6. The van der Waals surface area contributed by atoms with Crippen LogP contribution in [0.2, 0.25) is 0 Å². The monoisotopic (exact) mass is 311 g/mol. The number of anilines is 1. The lowest BCUT2D eigenvalue weighted by molar-refractivity contribution is -0.118. The van der Waals surface area contributed by atoms with Crippen molar-refractivity contribution < 1.29 is 9.53 Å². The number of para-hydroxylation sites is 1. The van der Waals surface area contributed by atoms with Crippen LogP contribution in [-0.2, 0) is 4.79 Å². The second kappa shape index (κ2) is 7.82. The van der Waals surface area contributed by atoms with Crippen molar-refractivity contribution in [3.8, 4) is 5.75 Å². The van der Waals surface area contributed by atoms with E-state index in [0.717, 1.165) is 34.5 Å². The van der Waals surface area contributed by atoms with E-state index in [1.54, 1.807) is 0 Å². The van der Waals surface area contributed by atoms with E-state index in [4.69, 9.17) is 4.74 Å². The first-order valence-electron chi connectivity index (χ1n) is 8.10. The highest BCUT2D eigenvalue weighted by atomic mass is 16.5. The largest absolute Gasteiger partial charge is 0.483 e. The molecule has 1 N–H and O–H groups in total. The van der Waals surface area contributed by atoms with E-state index in [9.17, 15) is 4.79 Å². The molecular weight excluding hydrogens is 286 g/mol. The number of ether oxygens (including phenoxy) is 1. The number of hydrogen-bond donors (Lipinski definition) is 1. The molecule has 1 amide bonds. The van der Waals surface area contributed by atoms with Gasteiger partial charge in [-0.25, -0.2) is 0 Å². The van der Waals surface area contributed by atoms with Crippen molar-refractivity contribution >= 4 is 11.6 Å². The van der Waals surface area contributed by atoms with Gasteiger partial charge in [-0.1, -0.05) is 44.2 Å². The molecule has 0 aliphatic carbocycles. The molecule has 0 aliphatic heterocycles. The van der Waals surface area contributed by atoms with E-state index < -0.39 is 0 Å². The van der Waals surface area contributed by atoms with Crippen LogP contribution in [0.3, 0.4) is 0 Å². The van der Waals surface area contributed by atoms with Gasteiger partial charge in [0.25, 0.3) is 5.91 Å². The molecule has 0 spiro atoms. The number of amides is 1. The van der Waals surface area contributed by atoms with Gasteiger partial charge in [-0.2, -0.15) is 0 Å². The van der Waals surface area contributed by atoms with Crippen molar-refractivity contribution in [3.05, 3.63) is 59.2 Å². The SMILES string of the molecule is CC[C@@H](C)c1ccccc1NC(=O)COc1cccc(C)c1C. The number of benzene rings is 2. The minimum Gasteiger partial charge on any atom is -0.483 e. The molecule has 1 atom stereocenters. The van der Waals surface area contributed by atoms with Gasteiger partial charge in [0.2, 0.25) is 0 Å². The number of nitrogens with one attached hydrogen (secondary N) is 1. The van der Waals surface area contributed by atoms with Gasteiger partial charge in [0, 0.05) is 5.69 Å². The van der Waals surface area contributed by atoms with Crippen molar-refractivity contribution in [2.45, 2.75) is 40.0 Å². The summed E-state index contributed by atoms with van der Waals surface area (Å²) in [5, 5.41) is 2.97. The first kappa shape index (κ1) is 17.1. The van der Waals surface area contributed by atoms with Crippen LogP contribution in [0.1, 0.15) is 42.9 Å². The van der Waals surface area contributed by atoms with Crippen LogP contribution in [0, 0.1) is 13.8 Å². The highest BCUT2D eigenvalue weighted by molar-refractivity contribution is 5.92. The van der Waals surface area contributed by atoms with Gasteiger partial charge in [0.05, 0.1) is 0 Å². The summed E-state index contributed by atoms with van der Waals surface area (Å²) in [6, 6.07) is 13.8. The fraction of sp³-hybridized carbons (Fsp3) is 0.350. The molecule has 0 aliphatic rings. The molecule has 0 aromatic heterocycles. The Balaban J connectivity index is 2.02. The molecule has 2 aromatic carbocycles. The van der Waals surface area contributed by atoms with E-state index in [0.29, 0.717) is 5.92 Å². The summed E-state index contributed by atoms with van der Waals surface area (Å²) in [5.74, 6) is 1.03. The molecular formula is C20H25NO2. The smallest absolute Gasteiger partial charge is 0.262 e. The summed E-state index contributed by atoms with van der Waals surface area (Å²) in [5.41, 5.74) is 4.26. The van der Waals surface area contributed by atoms with Gasteiger partial charge in [0.1, 0.15) is 5.75 Å². The number of carbonyl (C=O) groups is 1. The van der Waals surface area contributed by atoms with E-state index in [2.05, 4.69) is 25.2 Å². The zero-order chi connectivity index (χ0) is 16.8. The average molecular weight is 311 g/mol. The molecule has 23 heavy (non-hydrogen) atoms. The van der Waals surface area contributed by atoms with E-state index in [1.807, 2.05) is 50.2 Å². The normalized spacial score (nSPS) is 11.8. The van der Waals surface area contributed by atoms with Crippen molar-refractivity contribution in [2.24, 2.45) is 0 Å². The van der Waals surface area contributed by atoms with E-state index >= 15 is 0 Å². The second-order valence-corrected chi connectivity index (χ2v) is 5.93. The Bertz CT molecular complexity index is 679. The number of hydrogen-bond acceptors (Lipinski definition) is 2. The molecule has 122 valence electrons. The van der Waals surface area contributed by atoms with Crippen molar-refractivity contribution in [1.29, 1.82) is 0 Å². The molecule has 0 saturated carbocycles. The topological polar surface area (TPSA) is 38.3 Å². The lowest BCUT2D eigenvalue weighted by Crippen LogP contribution is -2.21. The van der Waals surface area contributed by atoms with Gasteiger partial charge in [-0.3, -0.25) is 4.79 Å². The Morgan fingerprint density at radius 3 is 2.61 bits per heavy atom. The van der Waals surface area contributed by atoms with Gasteiger partial charge in [-0.15, -0.1) is 0 Å². The zero-order valence-corrected chi connectivity index (χ0v) is 14.3. The highest BCUT2D eigenvalue weighted by Crippen LogP contribution is 2.26. The van der Waals surface area contributed by atoms with E-state index in [-0.39, 0.29) is 12.5 Å². The van der Waals surface area contributed by atoms with Gasteiger partial charge in [0.15, 0.2) is 6.61 Å². The summed E-state index contributed by atoms with van der Waals surface area (Å²) >= 11 is 0. The summed E-state index contributed by atoms with van der Waals surface area (Å²) in [4.78, 5) is 12.2. The van der Waals surface area contributed by atoms with Crippen molar-refractivity contribution in [1.82, 2.24) is 0 Å².